The van der Waals surface area contributed by atoms with E-state index in [0.717, 1.165) is 35.0 Å². The van der Waals surface area contributed by atoms with E-state index < -0.39 is 11.7 Å². The standard InChI is InChI=1S/C18H24Cl2N6O2/c1-4-24(13-10-8-12(9-11-13)23(2)3)17(27)26-18(28)25(21-22-26)16-14(19)6-5-7-15(16)20/h5-7,12-13H,4,8-11H2,1-3H3. The van der Waals surface area contributed by atoms with Crippen LogP contribution in [0.1, 0.15) is 32.6 Å². The summed E-state index contributed by atoms with van der Waals surface area (Å²) in [6, 6.07) is 4.98. The molecule has 8 nitrogen and oxygen atoms in total. The molecule has 1 saturated carbocycles. The quantitative estimate of drug-likeness (QED) is 0.702. The third-order valence-corrected chi connectivity index (χ3v) is 5.95. The van der Waals surface area contributed by atoms with E-state index in [1.807, 2.05) is 6.92 Å². The van der Waals surface area contributed by atoms with Crippen molar-refractivity contribution in [3.05, 3.63) is 38.7 Å². The average molecular weight is 427 g/mol. The number of carbonyl (C=O) groups excluding carboxylic acids is 1. The smallest absolute Gasteiger partial charge is 0.320 e. The first-order valence-corrected chi connectivity index (χ1v) is 10.1. The molecule has 0 bridgehead atoms. The predicted molar refractivity (Wildman–Crippen MR) is 109 cm³/mol. The molecule has 28 heavy (non-hydrogen) atoms. The second-order valence-electron chi connectivity index (χ2n) is 7.15. The van der Waals surface area contributed by atoms with Gasteiger partial charge in [-0.1, -0.05) is 29.3 Å². The highest BCUT2D eigenvalue weighted by atomic mass is 35.5. The van der Waals surface area contributed by atoms with Crippen molar-refractivity contribution in [2.45, 2.75) is 44.7 Å². The van der Waals surface area contributed by atoms with Gasteiger partial charge in [0, 0.05) is 18.6 Å². The first kappa shape index (κ1) is 20.8. The second-order valence-corrected chi connectivity index (χ2v) is 7.96. The molecular weight excluding hydrogens is 403 g/mol. The van der Waals surface area contributed by atoms with E-state index in [2.05, 4.69) is 29.4 Å². The molecule has 1 amide bonds. The Labute approximate surface area is 173 Å². The molecule has 2 aromatic rings. The number of nitrogens with zero attached hydrogens (tertiary/aromatic N) is 6. The molecule has 0 unspecified atom stereocenters. The zero-order valence-corrected chi connectivity index (χ0v) is 17.7. The minimum Gasteiger partial charge on any atom is -0.320 e. The van der Waals surface area contributed by atoms with Crippen LogP contribution < -0.4 is 5.69 Å². The Bertz CT molecular complexity index is 881. The molecule has 0 atom stereocenters. The first-order chi connectivity index (χ1) is 13.3. The Morgan fingerprint density at radius 1 is 1.11 bits per heavy atom. The summed E-state index contributed by atoms with van der Waals surface area (Å²) in [7, 11) is 4.15. The lowest BCUT2D eigenvalue weighted by atomic mass is 9.89. The summed E-state index contributed by atoms with van der Waals surface area (Å²) >= 11 is 12.3. The molecule has 0 radical (unpaired) electrons. The summed E-state index contributed by atoms with van der Waals surface area (Å²) in [4.78, 5) is 29.7. The molecule has 1 aliphatic carbocycles. The average Bonchev–Trinajstić information content (AvgIpc) is 3.04. The van der Waals surface area contributed by atoms with Crippen LogP contribution in [0.2, 0.25) is 10.0 Å². The van der Waals surface area contributed by atoms with Crippen LogP contribution in [0, 0.1) is 0 Å². The monoisotopic (exact) mass is 426 g/mol. The molecule has 152 valence electrons. The van der Waals surface area contributed by atoms with Crippen LogP contribution in [-0.4, -0.2) is 68.3 Å². The number of amides is 1. The van der Waals surface area contributed by atoms with Crippen molar-refractivity contribution < 1.29 is 4.79 Å². The van der Waals surface area contributed by atoms with Crippen LogP contribution in [0.4, 0.5) is 4.79 Å². The molecule has 1 aliphatic rings. The lowest BCUT2D eigenvalue weighted by Gasteiger charge is -2.37. The maximum absolute atomic E-state index is 13.0. The van der Waals surface area contributed by atoms with Crippen molar-refractivity contribution in [2.24, 2.45) is 0 Å². The summed E-state index contributed by atoms with van der Waals surface area (Å²) in [5.74, 6) is 0. The van der Waals surface area contributed by atoms with Crippen LogP contribution in [0.5, 0.6) is 0 Å². The third kappa shape index (κ3) is 3.94. The zero-order valence-electron chi connectivity index (χ0n) is 16.2. The van der Waals surface area contributed by atoms with Crippen LogP contribution >= 0.6 is 23.2 Å². The molecule has 1 aromatic heterocycles. The van der Waals surface area contributed by atoms with Gasteiger partial charge in [0.1, 0.15) is 5.69 Å². The number of rotatable bonds is 4. The molecule has 0 N–H and O–H groups in total. The summed E-state index contributed by atoms with van der Waals surface area (Å²) in [5.41, 5.74) is -0.482. The fourth-order valence-corrected chi connectivity index (χ4v) is 4.31. The van der Waals surface area contributed by atoms with Crippen LogP contribution in [0.25, 0.3) is 5.69 Å². The maximum atomic E-state index is 13.0. The summed E-state index contributed by atoms with van der Waals surface area (Å²) < 4.78 is 1.74. The van der Waals surface area contributed by atoms with E-state index in [1.165, 1.54) is 0 Å². The Morgan fingerprint density at radius 3 is 2.21 bits per heavy atom. The van der Waals surface area contributed by atoms with Gasteiger partial charge in [-0.05, 0) is 69.3 Å². The van der Waals surface area contributed by atoms with Gasteiger partial charge in [0.25, 0.3) is 0 Å². The molecule has 0 spiro atoms. The van der Waals surface area contributed by atoms with Crippen molar-refractivity contribution in [2.75, 3.05) is 20.6 Å². The van der Waals surface area contributed by atoms with E-state index in [1.54, 1.807) is 23.1 Å². The molecule has 1 fully saturated rings. The van der Waals surface area contributed by atoms with Gasteiger partial charge < -0.3 is 9.80 Å². The van der Waals surface area contributed by atoms with Gasteiger partial charge in [0.15, 0.2) is 0 Å². The summed E-state index contributed by atoms with van der Waals surface area (Å²) in [6.07, 6.45) is 3.81. The van der Waals surface area contributed by atoms with Gasteiger partial charge in [-0.2, -0.15) is 4.68 Å². The number of para-hydroxylation sites is 1. The fraction of sp³-hybridized carbons (Fsp3) is 0.556. The van der Waals surface area contributed by atoms with Gasteiger partial charge in [0.05, 0.1) is 10.0 Å². The number of aromatic nitrogens is 4. The van der Waals surface area contributed by atoms with Crippen molar-refractivity contribution in [1.82, 2.24) is 29.6 Å². The SMILES string of the molecule is CCN(C(=O)n1nnn(-c2c(Cl)cccc2Cl)c1=O)C1CCC(N(C)C)CC1. The third-order valence-electron chi connectivity index (χ3n) is 5.34. The Kier molecular flexibility index (Phi) is 6.42. The van der Waals surface area contributed by atoms with Crippen LogP contribution in [0.15, 0.2) is 23.0 Å². The summed E-state index contributed by atoms with van der Waals surface area (Å²) in [5, 5.41) is 8.11. The van der Waals surface area contributed by atoms with Crippen molar-refractivity contribution in [3.8, 4) is 5.69 Å². The fourth-order valence-electron chi connectivity index (χ4n) is 3.76. The van der Waals surface area contributed by atoms with E-state index in [-0.39, 0.29) is 21.8 Å². The van der Waals surface area contributed by atoms with Crippen LogP contribution in [-0.2, 0) is 0 Å². The Morgan fingerprint density at radius 2 is 1.68 bits per heavy atom. The largest absolute Gasteiger partial charge is 0.377 e. The van der Waals surface area contributed by atoms with Crippen molar-refractivity contribution in [3.63, 3.8) is 0 Å². The van der Waals surface area contributed by atoms with Gasteiger partial charge >= 0.3 is 11.7 Å². The molecule has 1 heterocycles. The van der Waals surface area contributed by atoms with E-state index in [0.29, 0.717) is 12.6 Å². The Balaban J connectivity index is 1.85. The number of tetrazole rings is 1. The highest BCUT2D eigenvalue weighted by Gasteiger charge is 2.31. The second kappa shape index (κ2) is 8.63. The van der Waals surface area contributed by atoms with Gasteiger partial charge in [0.2, 0.25) is 0 Å². The molecular formula is C18H24Cl2N6O2. The van der Waals surface area contributed by atoms with Gasteiger partial charge in [-0.15, -0.1) is 4.68 Å². The summed E-state index contributed by atoms with van der Waals surface area (Å²) in [6.45, 7) is 2.39. The number of hydrogen-bond donors (Lipinski definition) is 0. The molecule has 1 aromatic carbocycles. The highest BCUT2D eigenvalue weighted by Crippen LogP contribution is 2.27. The van der Waals surface area contributed by atoms with Crippen LogP contribution in [0.3, 0.4) is 0 Å². The molecule has 0 saturated heterocycles. The Hall–Kier alpha value is -1.90. The first-order valence-electron chi connectivity index (χ1n) is 9.32. The predicted octanol–water partition coefficient (Wildman–Crippen LogP) is 2.90. The lowest BCUT2D eigenvalue weighted by molar-refractivity contribution is 0.130. The lowest BCUT2D eigenvalue weighted by Crippen LogP contribution is -2.48. The number of benzene rings is 1. The minimum absolute atomic E-state index is 0.0784. The minimum atomic E-state index is -0.694. The maximum Gasteiger partial charge on any atom is 0.377 e. The van der Waals surface area contributed by atoms with Gasteiger partial charge in [-0.3, -0.25) is 0 Å². The van der Waals surface area contributed by atoms with E-state index in [9.17, 15) is 9.59 Å². The number of hydrogen-bond acceptors (Lipinski definition) is 5. The van der Waals surface area contributed by atoms with E-state index in [4.69, 9.17) is 23.2 Å². The molecule has 10 heteroatoms. The van der Waals surface area contributed by atoms with Crippen molar-refractivity contribution in [1.29, 1.82) is 0 Å². The van der Waals surface area contributed by atoms with Gasteiger partial charge in [-0.25, -0.2) is 9.59 Å². The topological polar surface area (TPSA) is 76.3 Å². The zero-order chi connectivity index (χ0) is 20.4. The number of halogens is 2. The molecule has 0 aliphatic heterocycles. The van der Waals surface area contributed by atoms with Crippen molar-refractivity contribution >= 4 is 29.2 Å². The molecule has 3 rings (SSSR count). The van der Waals surface area contributed by atoms with E-state index >= 15 is 0 Å². The highest BCUT2D eigenvalue weighted by molar-refractivity contribution is 6.37. The normalized spacial score (nSPS) is 19.8. The number of carbonyl (C=O) groups is 1.